The smallest absolute Gasteiger partial charge is 0.303 e. The number of Topliss-reactive ketones (excluding diaryl/α,β-unsaturated/α-hetero) is 1. The van der Waals surface area contributed by atoms with Gasteiger partial charge < -0.3 is 9.90 Å². The maximum Gasteiger partial charge on any atom is 0.303 e. The van der Waals surface area contributed by atoms with Crippen LogP contribution in [0.15, 0.2) is 11.6 Å². The first-order valence-corrected chi connectivity index (χ1v) is 9.43. The Kier molecular flexibility index (Phi) is 20.0. The number of unbranched alkanes of at least 4 members (excludes halogenated alkanes) is 6. The number of rotatable bonds is 10. The topological polar surface area (TPSA) is 84.3 Å². The summed E-state index contributed by atoms with van der Waals surface area (Å²) in [6.07, 6.45) is 12.0. The van der Waals surface area contributed by atoms with Crippen LogP contribution in [0.25, 0.3) is 0 Å². The molecule has 0 fully saturated rings. The summed E-state index contributed by atoms with van der Waals surface area (Å²) in [6.45, 7) is 5.57. The number of aldehydes is 1. The zero-order chi connectivity index (χ0) is 18.6. The normalized spacial score (nSPS) is 9.12. The van der Waals surface area contributed by atoms with Crippen molar-refractivity contribution in [1.29, 1.82) is 0 Å². The minimum atomic E-state index is -0.711. The van der Waals surface area contributed by atoms with Gasteiger partial charge in [-0.1, -0.05) is 46.0 Å². The van der Waals surface area contributed by atoms with Crippen LogP contribution in [-0.4, -0.2) is 28.1 Å². The highest BCUT2D eigenvalue weighted by Gasteiger charge is 1.97. The Bertz CT molecular complexity index is 419. The lowest BCUT2D eigenvalue weighted by Gasteiger charge is -1.95. The molecule has 0 bridgehead atoms. The molecular weight excluding hydrogens is 326 g/mol. The molecule has 0 aliphatic heterocycles. The van der Waals surface area contributed by atoms with E-state index in [0.717, 1.165) is 25.5 Å². The first-order chi connectivity index (χ1) is 11.5. The van der Waals surface area contributed by atoms with Crippen LogP contribution in [0.1, 0.15) is 88.4 Å². The second kappa shape index (κ2) is 19.5. The molecule has 0 aliphatic carbocycles. The van der Waals surface area contributed by atoms with E-state index in [0.29, 0.717) is 11.4 Å². The van der Waals surface area contributed by atoms with Gasteiger partial charge in [0.2, 0.25) is 0 Å². The predicted octanol–water partition coefficient (Wildman–Crippen LogP) is 5.15. The van der Waals surface area contributed by atoms with Crippen molar-refractivity contribution in [1.82, 2.24) is 4.98 Å². The molecule has 0 aliphatic rings. The molecule has 1 aromatic heterocycles. The molecule has 0 radical (unpaired) electrons. The molecule has 0 aromatic carbocycles. The standard InChI is InChI=1S/C9H18O.C5H5NOS.C4H8O2/c1-2-3-4-5-6-7-8-9-10;1-4(7)5-6-2-3-8-5;1-2-3-4(5)6/h9H,2-8H2,1H3;2-3H,1H3;2-3H2,1H3,(H,5,6). The van der Waals surface area contributed by atoms with Gasteiger partial charge >= 0.3 is 5.97 Å². The molecule has 5 nitrogen and oxygen atoms in total. The van der Waals surface area contributed by atoms with Gasteiger partial charge in [-0.15, -0.1) is 11.3 Å². The summed E-state index contributed by atoms with van der Waals surface area (Å²) >= 11 is 1.37. The first kappa shape index (κ1) is 24.7. The third-order valence-corrected chi connectivity index (χ3v) is 3.75. The zero-order valence-corrected chi connectivity index (χ0v) is 15.9. The van der Waals surface area contributed by atoms with Crippen LogP contribution in [0.4, 0.5) is 0 Å². The van der Waals surface area contributed by atoms with E-state index in [-0.39, 0.29) is 5.78 Å². The summed E-state index contributed by atoms with van der Waals surface area (Å²) < 4.78 is 0. The van der Waals surface area contributed by atoms with Gasteiger partial charge in [0, 0.05) is 31.3 Å². The van der Waals surface area contributed by atoms with E-state index >= 15 is 0 Å². The first-order valence-electron chi connectivity index (χ1n) is 8.55. The fourth-order valence-corrected chi connectivity index (χ4v) is 2.16. The van der Waals surface area contributed by atoms with Crippen molar-refractivity contribution >= 4 is 29.4 Å². The van der Waals surface area contributed by atoms with Gasteiger partial charge in [0.25, 0.3) is 0 Å². The summed E-state index contributed by atoms with van der Waals surface area (Å²) in [5.74, 6) is -0.669. The van der Waals surface area contributed by atoms with E-state index < -0.39 is 5.97 Å². The van der Waals surface area contributed by atoms with Gasteiger partial charge in [0.15, 0.2) is 10.8 Å². The number of hydrogen-bond donors (Lipinski definition) is 1. The SMILES string of the molecule is CC(=O)c1nccs1.CCCC(=O)O.CCCCCCCCC=O. The van der Waals surface area contributed by atoms with Gasteiger partial charge in [0.1, 0.15) is 6.29 Å². The Morgan fingerprint density at radius 1 is 1.12 bits per heavy atom. The monoisotopic (exact) mass is 357 g/mol. The molecule has 0 atom stereocenters. The molecule has 1 rings (SSSR count). The average Bonchev–Trinajstić information content (AvgIpc) is 3.07. The van der Waals surface area contributed by atoms with E-state index in [1.54, 1.807) is 11.6 Å². The Morgan fingerprint density at radius 2 is 1.75 bits per heavy atom. The van der Waals surface area contributed by atoms with Crippen LogP contribution in [-0.2, 0) is 9.59 Å². The van der Waals surface area contributed by atoms with E-state index in [1.807, 2.05) is 6.92 Å². The number of aromatic nitrogens is 1. The molecule has 0 spiro atoms. The number of nitrogens with zero attached hydrogens (tertiary/aromatic N) is 1. The van der Waals surface area contributed by atoms with E-state index in [2.05, 4.69) is 11.9 Å². The predicted molar refractivity (Wildman–Crippen MR) is 98.7 cm³/mol. The number of carboxylic acids is 1. The third-order valence-electron chi connectivity index (χ3n) is 2.87. The van der Waals surface area contributed by atoms with Crippen molar-refractivity contribution in [2.45, 2.75) is 78.6 Å². The van der Waals surface area contributed by atoms with Gasteiger partial charge in [-0.2, -0.15) is 0 Å². The molecule has 1 heterocycles. The van der Waals surface area contributed by atoms with Crippen LogP contribution < -0.4 is 0 Å². The van der Waals surface area contributed by atoms with Crippen molar-refractivity contribution in [3.8, 4) is 0 Å². The van der Waals surface area contributed by atoms with Crippen molar-refractivity contribution in [2.75, 3.05) is 0 Å². The number of thiazole rings is 1. The molecule has 6 heteroatoms. The molecule has 0 amide bonds. The molecule has 138 valence electrons. The van der Waals surface area contributed by atoms with E-state index in [9.17, 15) is 14.4 Å². The number of carbonyl (C=O) groups is 3. The molecule has 0 saturated carbocycles. The molecule has 0 unspecified atom stereocenters. The van der Waals surface area contributed by atoms with Crippen molar-refractivity contribution in [2.24, 2.45) is 0 Å². The Labute approximate surface area is 149 Å². The highest BCUT2D eigenvalue weighted by molar-refractivity contribution is 7.11. The second-order valence-electron chi connectivity index (χ2n) is 5.26. The van der Waals surface area contributed by atoms with Crippen LogP contribution in [0, 0.1) is 0 Å². The quantitative estimate of drug-likeness (QED) is 0.355. The van der Waals surface area contributed by atoms with E-state index in [4.69, 9.17) is 5.11 Å². The van der Waals surface area contributed by atoms with Gasteiger partial charge in [0.05, 0.1) is 0 Å². The van der Waals surface area contributed by atoms with Crippen molar-refractivity contribution < 1.29 is 19.5 Å². The maximum absolute atomic E-state index is 10.5. The minimum Gasteiger partial charge on any atom is -0.481 e. The van der Waals surface area contributed by atoms with Crippen LogP contribution in [0.3, 0.4) is 0 Å². The Morgan fingerprint density at radius 3 is 2.08 bits per heavy atom. The summed E-state index contributed by atoms with van der Waals surface area (Å²) in [5, 5.41) is 10.3. The van der Waals surface area contributed by atoms with Crippen molar-refractivity contribution in [3.63, 3.8) is 0 Å². The van der Waals surface area contributed by atoms with Crippen LogP contribution in [0.5, 0.6) is 0 Å². The summed E-state index contributed by atoms with van der Waals surface area (Å²) in [4.78, 5) is 33.7. The third kappa shape index (κ3) is 20.4. The van der Waals surface area contributed by atoms with Gasteiger partial charge in [-0.25, -0.2) is 4.98 Å². The number of aliphatic carboxylic acids is 1. The lowest BCUT2D eigenvalue weighted by atomic mass is 10.1. The lowest BCUT2D eigenvalue weighted by molar-refractivity contribution is -0.137. The maximum atomic E-state index is 10.5. The molecule has 1 N–H and O–H groups in total. The summed E-state index contributed by atoms with van der Waals surface area (Å²) in [6, 6.07) is 0. The summed E-state index contributed by atoms with van der Waals surface area (Å²) in [5.41, 5.74) is 0. The molecule has 1 aromatic rings. The fourth-order valence-electron chi connectivity index (χ4n) is 1.62. The Balaban J connectivity index is 0. The second-order valence-corrected chi connectivity index (χ2v) is 6.15. The largest absolute Gasteiger partial charge is 0.481 e. The van der Waals surface area contributed by atoms with Gasteiger partial charge in [-0.3, -0.25) is 9.59 Å². The van der Waals surface area contributed by atoms with Crippen molar-refractivity contribution in [3.05, 3.63) is 16.6 Å². The van der Waals surface area contributed by atoms with Crippen LogP contribution in [0.2, 0.25) is 0 Å². The number of carbonyl (C=O) groups excluding carboxylic acids is 2. The highest BCUT2D eigenvalue weighted by Crippen LogP contribution is 2.05. The number of ketones is 1. The average molecular weight is 358 g/mol. The summed E-state index contributed by atoms with van der Waals surface area (Å²) in [7, 11) is 0. The molecular formula is C18H31NO4S. The highest BCUT2D eigenvalue weighted by atomic mass is 32.1. The fraction of sp³-hybridized carbons (Fsp3) is 0.667. The zero-order valence-electron chi connectivity index (χ0n) is 15.1. The Hall–Kier alpha value is -1.56. The molecule has 0 saturated heterocycles. The lowest BCUT2D eigenvalue weighted by Crippen LogP contribution is -1.90. The van der Waals surface area contributed by atoms with E-state index in [1.165, 1.54) is 50.4 Å². The minimum absolute atomic E-state index is 0.0417. The van der Waals surface area contributed by atoms with Crippen LogP contribution >= 0.6 is 11.3 Å². The number of carboxylic acid groups (broad SMARTS) is 1. The van der Waals surface area contributed by atoms with Gasteiger partial charge in [-0.05, 0) is 12.8 Å². The molecule has 24 heavy (non-hydrogen) atoms. The number of hydrogen-bond acceptors (Lipinski definition) is 5.